The third kappa shape index (κ3) is 5.80. The quantitative estimate of drug-likeness (QED) is 0.132. The van der Waals surface area contributed by atoms with E-state index in [1.807, 2.05) is 115 Å². The van der Waals surface area contributed by atoms with Crippen LogP contribution in [-0.4, -0.2) is 16.3 Å². The number of benzene rings is 4. The van der Waals surface area contributed by atoms with Gasteiger partial charge in [0, 0.05) is 0 Å². The van der Waals surface area contributed by atoms with Crippen molar-refractivity contribution >= 4 is 52.7 Å². The van der Waals surface area contributed by atoms with Gasteiger partial charge in [0.05, 0.1) is 22.8 Å². The number of carbonyl (C=O) groups is 1. The number of fused-ring (bicyclic) bond motifs is 8. The molecule has 236 valence electrons. The van der Waals surface area contributed by atoms with Crippen LogP contribution in [0.15, 0.2) is 140 Å². The third-order valence-electron chi connectivity index (χ3n) is 9.12. The smallest absolute Gasteiger partial charge is 0.657 e. The van der Waals surface area contributed by atoms with E-state index in [2.05, 4.69) is 48.5 Å². The van der Waals surface area contributed by atoms with Crippen LogP contribution in [0.25, 0.3) is 90.9 Å². The van der Waals surface area contributed by atoms with E-state index in [0.717, 1.165) is 84.6 Å². The predicted molar refractivity (Wildman–Crippen MR) is 204 cm³/mol. The first-order chi connectivity index (χ1) is 24.7. The molecule has 8 bridgehead atoms. The molecule has 0 saturated heterocycles. The van der Waals surface area contributed by atoms with Gasteiger partial charge in [-0.05, 0) is 74.4 Å². The molecule has 0 aliphatic carbocycles. The van der Waals surface area contributed by atoms with Crippen LogP contribution in [0.1, 0.15) is 33.1 Å². The minimum absolute atomic E-state index is 0. The molecule has 0 fully saturated rings. The Morgan fingerprint density at radius 2 is 0.765 bits per heavy atom. The first-order valence-corrected chi connectivity index (χ1v) is 16.5. The molecule has 0 unspecified atom stereocenters. The van der Waals surface area contributed by atoms with E-state index in [1.165, 1.54) is 0 Å². The average Bonchev–Trinajstić information content (AvgIpc) is 4.00. The zero-order valence-electron chi connectivity index (χ0n) is 27.6. The molecule has 0 spiro atoms. The number of rotatable bonds is 5. The van der Waals surface area contributed by atoms with Crippen LogP contribution in [-0.2, 0) is 19.5 Å². The Bertz CT molecular complexity index is 2640. The van der Waals surface area contributed by atoms with Gasteiger partial charge in [0.2, 0.25) is 0 Å². The first-order valence-electron chi connectivity index (χ1n) is 16.5. The number of carbonyl (C=O) groups excluding carboxylic acids is 1. The van der Waals surface area contributed by atoms with Crippen molar-refractivity contribution in [3.8, 4) is 44.5 Å². The van der Waals surface area contributed by atoms with Crippen LogP contribution >= 0.6 is 0 Å². The summed E-state index contributed by atoms with van der Waals surface area (Å²) in [5.74, 6) is 0. The second-order valence-electron chi connectivity index (χ2n) is 12.2. The number of nitrogens with zero attached hydrogens (tertiary/aromatic N) is 4. The van der Waals surface area contributed by atoms with E-state index in [1.54, 1.807) is 0 Å². The number of aldehydes is 1. The van der Waals surface area contributed by atoms with Gasteiger partial charge in [0.25, 0.3) is 0 Å². The van der Waals surface area contributed by atoms with E-state index in [4.69, 9.17) is 19.9 Å². The average molecular weight is 706 g/mol. The Morgan fingerprint density at radius 1 is 0.412 bits per heavy atom. The second-order valence-corrected chi connectivity index (χ2v) is 12.2. The zero-order chi connectivity index (χ0) is 33.4. The predicted octanol–water partition coefficient (Wildman–Crippen LogP) is 10.4. The van der Waals surface area contributed by atoms with Crippen molar-refractivity contribution in [3.05, 3.63) is 168 Å². The fourth-order valence-corrected chi connectivity index (χ4v) is 6.88. The molecule has 0 atom stereocenters. The summed E-state index contributed by atoms with van der Waals surface area (Å²) < 4.78 is 0. The van der Waals surface area contributed by atoms with E-state index in [0.29, 0.717) is 16.6 Å². The molecular weight excluding hydrogens is 678 g/mol. The summed E-state index contributed by atoms with van der Waals surface area (Å²) in [6, 6.07) is 46.6. The van der Waals surface area contributed by atoms with Crippen LogP contribution in [0.4, 0.5) is 0 Å². The van der Waals surface area contributed by atoms with Gasteiger partial charge in [-0.25, -0.2) is 9.97 Å². The van der Waals surface area contributed by atoms with E-state index >= 15 is 0 Å². The minimum atomic E-state index is 0. The molecule has 0 saturated carbocycles. The van der Waals surface area contributed by atoms with E-state index in [9.17, 15) is 4.79 Å². The van der Waals surface area contributed by atoms with Crippen LogP contribution < -0.4 is 9.97 Å². The monoisotopic (exact) mass is 704 g/mol. The Labute approximate surface area is 307 Å². The van der Waals surface area contributed by atoms with E-state index < -0.39 is 0 Å². The molecule has 3 aromatic heterocycles. The Kier molecular flexibility index (Phi) is 8.53. The van der Waals surface area contributed by atoms with Gasteiger partial charge in [-0.15, -0.1) is 22.1 Å². The molecule has 0 amide bonds. The third-order valence-corrected chi connectivity index (χ3v) is 9.12. The molecule has 2 aliphatic heterocycles. The van der Waals surface area contributed by atoms with Gasteiger partial charge in [0.15, 0.2) is 0 Å². The fraction of sp³-hybridized carbons (Fsp3) is 0. The molecule has 9 rings (SSSR count). The van der Waals surface area contributed by atoms with Crippen molar-refractivity contribution in [1.29, 1.82) is 0 Å². The van der Waals surface area contributed by atoms with Gasteiger partial charge in [-0.2, -0.15) is 0 Å². The van der Waals surface area contributed by atoms with Gasteiger partial charge in [-0.3, -0.25) is 4.79 Å². The molecule has 5 nitrogen and oxygen atoms in total. The molecule has 6 heteroatoms. The van der Waals surface area contributed by atoms with Crippen LogP contribution in [0.2, 0.25) is 0 Å². The van der Waals surface area contributed by atoms with Crippen molar-refractivity contribution < 1.29 is 24.3 Å². The Morgan fingerprint density at radius 3 is 1.16 bits per heavy atom. The van der Waals surface area contributed by atoms with Gasteiger partial charge in [0.1, 0.15) is 6.29 Å². The van der Waals surface area contributed by atoms with Crippen LogP contribution in [0.5, 0.6) is 0 Å². The summed E-state index contributed by atoms with van der Waals surface area (Å²) >= 11 is 0. The molecule has 5 heterocycles. The molecule has 51 heavy (non-hydrogen) atoms. The molecular formula is C45H28N4OZn. The van der Waals surface area contributed by atoms with Crippen molar-refractivity contribution in [3.63, 3.8) is 0 Å². The molecule has 2 aliphatic rings. The SMILES string of the molecule is O=Cc1cc2[n-]c1c(-c1ccccc1)c1nc(c(-c3ccccc3)c3ccc([n-]3)c(-c3ccccc3)c3nc(c2-c2ccccc2)C=C3)C=C1.[Zn+2]. The molecule has 0 N–H and O–H groups in total. The largest absolute Gasteiger partial charge is 2.00 e. The summed E-state index contributed by atoms with van der Waals surface area (Å²) in [6.45, 7) is 0. The number of aromatic nitrogens is 4. The van der Waals surface area contributed by atoms with Crippen molar-refractivity contribution in [2.45, 2.75) is 0 Å². The standard InChI is InChI=1S/C45H29N4O.Zn/c50-28-33-27-40-43(31-17-9-3-10-18-31)38-24-23-36(47-38)41(29-13-5-1-6-14-29)34-21-22-35(46-34)42(30-15-7-2-8-16-30)37-25-26-39(48-37)44(45(33)49-40)32-19-11-4-12-20-32;/h1-28H,(H-,46,47,48,49,50);/q-1;+2/p-1. The fourth-order valence-electron chi connectivity index (χ4n) is 6.88. The van der Waals surface area contributed by atoms with Crippen LogP contribution in [0, 0.1) is 0 Å². The summed E-state index contributed by atoms with van der Waals surface area (Å²) in [5, 5.41) is 0. The maximum atomic E-state index is 12.9. The normalized spacial score (nSPS) is 11.7. The Balaban J connectivity index is 0.00000374. The molecule has 7 aromatic rings. The summed E-state index contributed by atoms with van der Waals surface area (Å²) in [5.41, 5.74) is 13.7. The van der Waals surface area contributed by atoms with Gasteiger partial charge >= 0.3 is 19.5 Å². The Hall–Kier alpha value is -6.23. The second kappa shape index (κ2) is 13.6. The van der Waals surface area contributed by atoms with Crippen molar-refractivity contribution in [2.75, 3.05) is 0 Å². The first kappa shape index (κ1) is 32.0. The minimum Gasteiger partial charge on any atom is -0.657 e. The van der Waals surface area contributed by atoms with E-state index in [-0.39, 0.29) is 19.5 Å². The van der Waals surface area contributed by atoms with Crippen molar-refractivity contribution in [2.24, 2.45) is 0 Å². The zero-order valence-corrected chi connectivity index (χ0v) is 30.5. The maximum Gasteiger partial charge on any atom is 2.00 e. The summed E-state index contributed by atoms with van der Waals surface area (Å²) in [4.78, 5) is 33.9. The maximum absolute atomic E-state index is 12.9. The van der Waals surface area contributed by atoms with Gasteiger partial charge in [-0.1, -0.05) is 140 Å². The number of hydrogen-bond donors (Lipinski definition) is 0. The topological polar surface area (TPSA) is 71.1 Å². The van der Waals surface area contributed by atoms with Crippen molar-refractivity contribution in [1.82, 2.24) is 19.9 Å². The summed E-state index contributed by atoms with van der Waals surface area (Å²) in [7, 11) is 0. The van der Waals surface area contributed by atoms with Gasteiger partial charge < -0.3 is 9.97 Å². The molecule has 4 aromatic carbocycles. The van der Waals surface area contributed by atoms with Crippen LogP contribution in [0.3, 0.4) is 0 Å². The number of hydrogen-bond acceptors (Lipinski definition) is 3. The molecule has 0 radical (unpaired) electrons. The summed E-state index contributed by atoms with van der Waals surface area (Å²) in [6.07, 6.45) is 9.01.